The van der Waals surface area contributed by atoms with E-state index >= 15 is 0 Å². The molecule has 1 heterocycles. The summed E-state index contributed by atoms with van der Waals surface area (Å²) in [7, 11) is 0. The third-order valence-corrected chi connectivity index (χ3v) is 3.89. The zero-order chi connectivity index (χ0) is 16.5. The Kier molecular flexibility index (Phi) is 3.25. The van der Waals surface area contributed by atoms with Crippen LogP contribution in [-0.4, -0.2) is 5.91 Å². The summed E-state index contributed by atoms with van der Waals surface area (Å²) < 4.78 is 5.78. The van der Waals surface area contributed by atoms with Gasteiger partial charge >= 0.3 is 0 Å². The summed E-state index contributed by atoms with van der Waals surface area (Å²) in [5, 5.41) is 13.8. The van der Waals surface area contributed by atoms with Crippen LogP contribution in [0.15, 0.2) is 71.1 Å². The smallest absolute Gasteiger partial charge is 0.255 e. The number of carbonyl (C=O) groups excluding carboxylic acids is 1. The van der Waals surface area contributed by atoms with Crippen molar-refractivity contribution in [3.8, 4) is 6.07 Å². The summed E-state index contributed by atoms with van der Waals surface area (Å²) in [6, 6.07) is 22.0. The quantitative estimate of drug-likeness (QED) is 0.583. The van der Waals surface area contributed by atoms with Crippen LogP contribution in [0.1, 0.15) is 15.9 Å². The van der Waals surface area contributed by atoms with Gasteiger partial charge in [0.15, 0.2) is 0 Å². The fourth-order valence-electron chi connectivity index (χ4n) is 2.74. The van der Waals surface area contributed by atoms with Crippen molar-refractivity contribution in [1.82, 2.24) is 0 Å². The lowest BCUT2D eigenvalue weighted by Crippen LogP contribution is -2.11. The van der Waals surface area contributed by atoms with E-state index in [1.807, 2.05) is 42.5 Å². The van der Waals surface area contributed by atoms with Crippen molar-refractivity contribution in [2.75, 3.05) is 5.32 Å². The maximum absolute atomic E-state index is 12.4. The highest BCUT2D eigenvalue weighted by Gasteiger charge is 2.10. The lowest BCUT2D eigenvalue weighted by Gasteiger charge is -2.05. The summed E-state index contributed by atoms with van der Waals surface area (Å²) in [5.41, 5.74) is 3.19. The highest BCUT2D eigenvalue weighted by Crippen LogP contribution is 2.30. The van der Waals surface area contributed by atoms with E-state index in [2.05, 4.69) is 5.32 Å². The summed E-state index contributed by atoms with van der Waals surface area (Å²) in [4.78, 5) is 12.4. The molecule has 0 fully saturated rings. The van der Waals surface area contributed by atoms with Gasteiger partial charge in [-0.3, -0.25) is 4.79 Å². The molecular formula is C20H12N2O2. The largest absolute Gasteiger partial charge is 0.456 e. The standard InChI is InChI=1S/C20H12N2O2/c21-12-13-4-3-5-14(10-13)20(23)22-15-8-9-19-17(11-15)16-6-1-2-7-18(16)24-19/h1-11H,(H,22,23). The third-order valence-electron chi connectivity index (χ3n) is 3.89. The normalized spacial score (nSPS) is 10.6. The van der Waals surface area contributed by atoms with Crippen molar-refractivity contribution >= 4 is 33.5 Å². The van der Waals surface area contributed by atoms with E-state index < -0.39 is 0 Å². The molecule has 0 unspecified atom stereocenters. The van der Waals surface area contributed by atoms with Crippen molar-refractivity contribution in [2.45, 2.75) is 0 Å². The predicted molar refractivity (Wildman–Crippen MR) is 92.8 cm³/mol. The first-order chi connectivity index (χ1) is 11.7. The molecule has 0 saturated heterocycles. The molecule has 3 aromatic carbocycles. The van der Waals surface area contributed by atoms with E-state index in [9.17, 15) is 4.79 Å². The summed E-state index contributed by atoms with van der Waals surface area (Å²) in [6.07, 6.45) is 0. The Hall–Kier alpha value is -3.58. The van der Waals surface area contributed by atoms with Crippen LogP contribution in [0, 0.1) is 11.3 Å². The first kappa shape index (κ1) is 14.0. The average Bonchev–Trinajstić information content (AvgIpc) is 3.00. The number of hydrogen-bond acceptors (Lipinski definition) is 3. The van der Waals surface area contributed by atoms with Gasteiger partial charge in [-0.15, -0.1) is 0 Å². The zero-order valence-corrected chi connectivity index (χ0v) is 12.6. The second-order valence-corrected chi connectivity index (χ2v) is 5.46. The molecule has 114 valence electrons. The second-order valence-electron chi connectivity index (χ2n) is 5.46. The molecule has 24 heavy (non-hydrogen) atoms. The van der Waals surface area contributed by atoms with Gasteiger partial charge in [0.1, 0.15) is 11.2 Å². The van der Waals surface area contributed by atoms with Crippen LogP contribution in [0.25, 0.3) is 21.9 Å². The number of carbonyl (C=O) groups is 1. The Balaban J connectivity index is 1.70. The molecule has 1 aromatic heterocycles. The van der Waals surface area contributed by atoms with E-state index in [4.69, 9.17) is 9.68 Å². The van der Waals surface area contributed by atoms with Crippen LogP contribution in [0.3, 0.4) is 0 Å². The molecule has 1 N–H and O–H groups in total. The first-order valence-electron chi connectivity index (χ1n) is 7.47. The number of rotatable bonds is 2. The van der Waals surface area contributed by atoms with Gasteiger partial charge in [0.05, 0.1) is 11.6 Å². The highest BCUT2D eigenvalue weighted by molar-refractivity contribution is 6.09. The summed E-state index contributed by atoms with van der Waals surface area (Å²) in [5.74, 6) is -0.251. The molecule has 0 radical (unpaired) electrons. The molecule has 0 aliphatic carbocycles. The number of anilines is 1. The SMILES string of the molecule is N#Cc1cccc(C(=O)Nc2ccc3oc4ccccc4c3c2)c1. The van der Waals surface area contributed by atoms with Gasteiger partial charge in [0.2, 0.25) is 0 Å². The van der Waals surface area contributed by atoms with Crippen molar-refractivity contribution in [3.63, 3.8) is 0 Å². The van der Waals surface area contributed by atoms with E-state index in [1.165, 1.54) is 0 Å². The van der Waals surface area contributed by atoms with Gasteiger partial charge in [-0.1, -0.05) is 24.3 Å². The van der Waals surface area contributed by atoms with Crippen LogP contribution in [0.5, 0.6) is 0 Å². The number of benzene rings is 3. The number of nitriles is 1. The van der Waals surface area contributed by atoms with Crippen LogP contribution < -0.4 is 5.32 Å². The predicted octanol–water partition coefficient (Wildman–Crippen LogP) is 4.71. The third kappa shape index (κ3) is 2.38. The van der Waals surface area contributed by atoms with Gasteiger partial charge in [-0.2, -0.15) is 5.26 Å². The van der Waals surface area contributed by atoms with Crippen LogP contribution in [0.2, 0.25) is 0 Å². The number of furan rings is 1. The Morgan fingerprint density at radius 3 is 2.62 bits per heavy atom. The maximum Gasteiger partial charge on any atom is 0.255 e. The lowest BCUT2D eigenvalue weighted by atomic mass is 10.1. The average molecular weight is 312 g/mol. The topological polar surface area (TPSA) is 66.0 Å². The molecular weight excluding hydrogens is 300 g/mol. The molecule has 4 nitrogen and oxygen atoms in total. The Morgan fingerprint density at radius 2 is 1.75 bits per heavy atom. The fraction of sp³-hybridized carbons (Fsp3) is 0. The van der Waals surface area contributed by atoms with Crippen molar-refractivity contribution < 1.29 is 9.21 Å². The first-order valence-corrected chi connectivity index (χ1v) is 7.47. The minimum atomic E-state index is -0.251. The van der Waals surface area contributed by atoms with Crippen molar-refractivity contribution in [3.05, 3.63) is 77.9 Å². The minimum absolute atomic E-state index is 0.251. The van der Waals surface area contributed by atoms with E-state index in [1.54, 1.807) is 30.3 Å². The number of nitrogens with one attached hydrogen (secondary N) is 1. The molecule has 1 amide bonds. The fourth-order valence-corrected chi connectivity index (χ4v) is 2.74. The molecule has 4 rings (SSSR count). The molecule has 4 aromatic rings. The number of hydrogen-bond donors (Lipinski definition) is 1. The van der Waals surface area contributed by atoms with E-state index in [0.717, 1.165) is 21.9 Å². The van der Waals surface area contributed by atoms with Crippen molar-refractivity contribution in [1.29, 1.82) is 5.26 Å². The number of para-hydroxylation sites is 1. The summed E-state index contributed by atoms with van der Waals surface area (Å²) >= 11 is 0. The van der Waals surface area contributed by atoms with Crippen LogP contribution >= 0.6 is 0 Å². The Labute approximate surface area is 137 Å². The van der Waals surface area contributed by atoms with E-state index in [-0.39, 0.29) is 5.91 Å². The highest BCUT2D eigenvalue weighted by atomic mass is 16.3. The molecule has 0 aliphatic heterocycles. The van der Waals surface area contributed by atoms with Gasteiger partial charge < -0.3 is 9.73 Å². The van der Waals surface area contributed by atoms with Crippen LogP contribution in [0.4, 0.5) is 5.69 Å². The van der Waals surface area contributed by atoms with Gasteiger partial charge in [0.25, 0.3) is 5.91 Å². The number of amides is 1. The molecule has 0 aliphatic rings. The minimum Gasteiger partial charge on any atom is -0.456 e. The number of nitrogens with zero attached hydrogens (tertiary/aromatic N) is 1. The molecule has 0 atom stereocenters. The monoisotopic (exact) mass is 312 g/mol. The lowest BCUT2D eigenvalue weighted by molar-refractivity contribution is 0.102. The van der Waals surface area contributed by atoms with Crippen molar-refractivity contribution in [2.24, 2.45) is 0 Å². The molecule has 0 saturated carbocycles. The maximum atomic E-state index is 12.4. The number of fused-ring (bicyclic) bond motifs is 3. The van der Waals surface area contributed by atoms with Gasteiger partial charge in [0, 0.05) is 22.0 Å². The Bertz CT molecular complexity index is 1120. The zero-order valence-electron chi connectivity index (χ0n) is 12.6. The molecule has 0 bridgehead atoms. The van der Waals surface area contributed by atoms with Crippen LogP contribution in [-0.2, 0) is 0 Å². The second kappa shape index (κ2) is 5.56. The molecule has 0 spiro atoms. The van der Waals surface area contributed by atoms with E-state index in [0.29, 0.717) is 16.8 Å². The van der Waals surface area contributed by atoms with Gasteiger partial charge in [-0.05, 0) is 42.5 Å². The Morgan fingerprint density at radius 1 is 0.917 bits per heavy atom. The van der Waals surface area contributed by atoms with Gasteiger partial charge in [-0.25, -0.2) is 0 Å². The summed E-state index contributed by atoms with van der Waals surface area (Å²) in [6.45, 7) is 0. The molecule has 4 heteroatoms.